The summed E-state index contributed by atoms with van der Waals surface area (Å²) in [4.78, 5) is 15.9. The maximum absolute atomic E-state index is 13.5. The fraction of sp³-hybridized carbons (Fsp3) is 0.125. The highest BCUT2D eigenvalue weighted by Gasteiger charge is 2.26. The van der Waals surface area contributed by atoms with Crippen molar-refractivity contribution in [2.24, 2.45) is 0 Å². The number of hydrogen-bond acceptors (Lipinski definition) is 4. The van der Waals surface area contributed by atoms with Crippen LogP contribution >= 0.6 is 0 Å². The number of para-hydroxylation sites is 1. The molecule has 1 heterocycles. The van der Waals surface area contributed by atoms with Crippen LogP contribution in [0, 0.1) is 6.92 Å². The molecule has 0 amide bonds. The van der Waals surface area contributed by atoms with E-state index in [1.165, 1.54) is 4.31 Å². The Balaban J connectivity index is 1.84. The van der Waals surface area contributed by atoms with Crippen LogP contribution in [0.5, 0.6) is 5.75 Å². The fourth-order valence-electron chi connectivity index (χ4n) is 3.48. The van der Waals surface area contributed by atoms with E-state index in [-0.39, 0.29) is 17.0 Å². The summed E-state index contributed by atoms with van der Waals surface area (Å²) >= 11 is 0. The van der Waals surface area contributed by atoms with Crippen LogP contribution in [-0.2, 0) is 16.6 Å². The van der Waals surface area contributed by atoms with E-state index in [9.17, 15) is 13.2 Å². The largest absolute Gasteiger partial charge is 0.497 e. The van der Waals surface area contributed by atoms with Crippen LogP contribution in [0.3, 0.4) is 0 Å². The molecule has 0 radical (unpaired) electrons. The molecular formula is C24H22N2O4S. The second kappa shape index (κ2) is 8.28. The van der Waals surface area contributed by atoms with Crippen molar-refractivity contribution in [3.63, 3.8) is 0 Å². The van der Waals surface area contributed by atoms with E-state index in [0.717, 1.165) is 16.5 Å². The number of anilines is 1. The van der Waals surface area contributed by atoms with E-state index >= 15 is 0 Å². The van der Waals surface area contributed by atoms with Crippen molar-refractivity contribution in [3.05, 3.63) is 100 Å². The number of nitrogens with zero attached hydrogens (tertiary/aromatic N) is 1. The van der Waals surface area contributed by atoms with Crippen molar-refractivity contribution in [1.29, 1.82) is 0 Å². The van der Waals surface area contributed by atoms with Gasteiger partial charge in [0.25, 0.3) is 15.6 Å². The van der Waals surface area contributed by atoms with Crippen molar-refractivity contribution < 1.29 is 13.2 Å². The molecule has 158 valence electrons. The Morgan fingerprint density at radius 2 is 1.65 bits per heavy atom. The van der Waals surface area contributed by atoms with Crippen LogP contribution in [0.15, 0.2) is 88.6 Å². The molecule has 7 heteroatoms. The molecule has 1 N–H and O–H groups in total. The normalized spacial score (nSPS) is 11.4. The number of pyridine rings is 1. The molecule has 0 bridgehead atoms. The molecule has 0 spiro atoms. The lowest BCUT2D eigenvalue weighted by Crippen LogP contribution is -2.33. The second-order valence-electron chi connectivity index (χ2n) is 7.19. The Morgan fingerprint density at radius 1 is 0.935 bits per heavy atom. The minimum absolute atomic E-state index is 0.108. The quantitative estimate of drug-likeness (QED) is 0.492. The van der Waals surface area contributed by atoms with Crippen LogP contribution in [0.25, 0.3) is 10.9 Å². The zero-order valence-electron chi connectivity index (χ0n) is 17.2. The zero-order chi connectivity index (χ0) is 22.0. The van der Waals surface area contributed by atoms with Crippen molar-refractivity contribution >= 4 is 26.6 Å². The number of fused-ring (bicyclic) bond motifs is 1. The number of benzene rings is 3. The van der Waals surface area contributed by atoms with Gasteiger partial charge in [-0.15, -0.1) is 0 Å². The molecule has 1 aromatic heterocycles. The number of ether oxygens (including phenoxy) is 1. The van der Waals surface area contributed by atoms with Crippen molar-refractivity contribution in [2.45, 2.75) is 18.4 Å². The Morgan fingerprint density at radius 3 is 2.32 bits per heavy atom. The molecular weight excluding hydrogens is 412 g/mol. The van der Waals surface area contributed by atoms with Crippen LogP contribution in [-0.4, -0.2) is 20.5 Å². The number of aromatic nitrogens is 1. The molecule has 0 fully saturated rings. The first-order valence-electron chi connectivity index (χ1n) is 9.73. The molecule has 0 atom stereocenters. The topological polar surface area (TPSA) is 79.5 Å². The van der Waals surface area contributed by atoms with E-state index in [1.807, 2.05) is 25.1 Å². The van der Waals surface area contributed by atoms with Gasteiger partial charge in [-0.05, 0) is 60.3 Å². The molecule has 0 unspecified atom stereocenters. The molecule has 4 rings (SSSR count). The predicted octanol–water partition coefficient (Wildman–Crippen LogP) is 4.24. The van der Waals surface area contributed by atoms with E-state index in [4.69, 9.17) is 4.74 Å². The summed E-state index contributed by atoms with van der Waals surface area (Å²) in [6.45, 7) is 1.81. The minimum atomic E-state index is -3.91. The molecule has 0 aliphatic rings. The molecule has 0 aliphatic heterocycles. The molecule has 0 saturated carbocycles. The van der Waals surface area contributed by atoms with Gasteiger partial charge in [0.1, 0.15) is 5.75 Å². The fourth-order valence-corrected chi connectivity index (χ4v) is 4.95. The third kappa shape index (κ3) is 4.04. The van der Waals surface area contributed by atoms with Crippen LogP contribution in [0.4, 0.5) is 5.69 Å². The van der Waals surface area contributed by atoms with Gasteiger partial charge in [-0.25, -0.2) is 8.42 Å². The molecule has 0 saturated heterocycles. The van der Waals surface area contributed by atoms with E-state index in [0.29, 0.717) is 17.0 Å². The summed E-state index contributed by atoms with van der Waals surface area (Å²) in [5, 5.41) is 0.849. The summed E-state index contributed by atoms with van der Waals surface area (Å²) < 4.78 is 33.4. The average molecular weight is 435 g/mol. The molecule has 0 aliphatic carbocycles. The SMILES string of the molecule is COc1ccc(N(Cc2cc3cccc(C)c3[nH]c2=O)S(=O)(=O)c2ccccc2)cc1. The first-order valence-corrected chi connectivity index (χ1v) is 11.2. The summed E-state index contributed by atoms with van der Waals surface area (Å²) in [7, 11) is -2.36. The Labute approximate surface area is 180 Å². The number of hydrogen-bond donors (Lipinski definition) is 1. The summed E-state index contributed by atoms with van der Waals surface area (Å²) in [5.74, 6) is 0.611. The maximum atomic E-state index is 13.5. The van der Waals surface area contributed by atoms with Gasteiger partial charge < -0.3 is 9.72 Å². The zero-order valence-corrected chi connectivity index (χ0v) is 18.0. The van der Waals surface area contributed by atoms with Gasteiger partial charge in [0.15, 0.2) is 0 Å². The third-order valence-corrected chi connectivity index (χ3v) is 6.96. The number of aromatic amines is 1. The second-order valence-corrected chi connectivity index (χ2v) is 9.05. The monoisotopic (exact) mass is 434 g/mol. The van der Waals surface area contributed by atoms with Crippen molar-refractivity contribution in [1.82, 2.24) is 4.98 Å². The summed E-state index contributed by atoms with van der Waals surface area (Å²) in [6.07, 6.45) is 0. The lowest BCUT2D eigenvalue weighted by atomic mass is 10.1. The van der Waals surface area contributed by atoms with E-state index < -0.39 is 10.0 Å². The number of rotatable bonds is 6. The lowest BCUT2D eigenvalue weighted by Gasteiger charge is -2.25. The number of methoxy groups -OCH3 is 1. The molecule has 6 nitrogen and oxygen atoms in total. The predicted molar refractivity (Wildman–Crippen MR) is 122 cm³/mol. The van der Waals surface area contributed by atoms with Gasteiger partial charge in [-0.1, -0.05) is 36.4 Å². The molecule has 4 aromatic rings. The average Bonchev–Trinajstić information content (AvgIpc) is 2.79. The summed E-state index contributed by atoms with van der Waals surface area (Å²) in [5.41, 5.74) is 2.17. The van der Waals surface area contributed by atoms with Crippen LogP contribution in [0.1, 0.15) is 11.1 Å². The molecule has 31 heavy (non-hydrogen) atoms. The van der Waals surface area contributed by atoms with Crippen LogP contribution < -0.4 is 14.6 Å². The smallest absolute Gasteiger partial charge is 0.264 e. The Hall–Kier alpha value is -3.58. The maximum Gasteiger partial charge on any atom is 0.264 e. The highest BCUT2D eigenvalue weighted by molar-refractivity contribution is 7.92. The van der Waals surface area contributed by atoms with Crippen molar-refractivity contribution in [3.8, 4) is 5.75 Å². The number of nitrogens with one attached hydrogen (secondary N) is 1. The molecule has 3 aromatic carbocycles. The van der Waals surface area contributed by atoms with Crippen molar-refractivity contribution in [2.75, 3.05) is 11.4 Å². The van der Waals surface area contributed by atoms with Gasteiger partial charge in [0.2, 0.25) is 0 Å². The van der Waals surface area contributed by atoms with Crippen LogP contribution in [0.2, 0.25) is 0 Å². The summed E-state index contributed by atoms with van der Waals surface area (Å²) in [6, 6.07) is 22.4. The first kappa shape index (κ1) is 20.7. The van der Waals surface area contributed by atoms with Gasteiger partial charge in [0, 0.05) is 5.56 Å². The number of sulfonamides is 1. The minimum Gasteiger partial charge on any atom is -0.497 e. The van der Waals surface area contributed by atoms with Gasteiger partial charge in [-0.3, -0.25) is 9.10 Å². The number of aryl methyl sites for hydroxylation is 1. The Bertz CT molecular complexity index is 1380. The van der Waals surface area contributed by atoms with Gasteiger partial charge in [0.05, 0.1) is 29.8 Å². The lowest BCUT2D eigenvalue weighted by molar-refractivity contribution is 0.415. The first-order chi connectivity index (χ1) is 14.9. The number of H-pyrrole nitrogens is 1. The van der Waals surface area contributed by atoms with E-state index in [1.54, 1.807) is 67.8 Å². The van der Waals surface area contributed by atoms with Gasteiger partial charge in [-0.2, -0.15) is 0 Å². The highest BCUT2D eigenvalue weighted by Crippen LogP contribution is 2.28. The highest BCUT2D eigenvalue weighted by atomic mass is 32.2. The van der Waals surface area contributed by atoms with Gasteiger partial charge >= 0.3 is 0 Å². The standard InChI is InChI=1S/C24H22N2O4S/c1-17-7-6-8-18-15-19(24(27)25-23(17)18)16-26(20-11-13-21(30-2)14-12-20)31(28,29)22-9-4-3-5-10-22/h3-15H,16H2,1-2H3,(H,25,27). The Kier molecular flexibility index (Phi) is 5.52. The van der Waals surface area contributed by atoms with E-state index in [2.05, 4.69) is 4.98 Å². The third-order valence-electron chi connectivity index (χ3n) is 5.17.